The number of hydrogen-bond donors (Lipinski definition) is 3. The van der Waals surface area contributed by atoms with Gasteiger partial charge in [0.2, 0.25) is 0 Å². The van der Waals surface area contributed by atoms with Crippen molar-refractivity contribution in [3.63, 3.8) is 0 Å². The van der Waals surface area contributed by atoms with Gasteiger partial charge in [-0.15, -0.1) is 0 Å². The fourth-order valence-electron chi connectivity index (χ4n) is 4.93. The number of fused-ring (bicyclic) bond motifs is 2. The van der Waals surface area contributed by atoms with Gasteiger partial charge in [0.25, 0.3) is 0 Å². The number of methoxy groups -OCH3 is 1. The highest BCUT2D eigenvalue weighted by molar-refractivity contribution is 7.80. The molecule has 3 N–H and O–H groups in total. The summed E-state index contributed by atoms with van der Waals surface area (Å²) in [5, 5.41) is 7.61. The van der Waals surface area contributed by atoms with Crippen LogP contribution < -0.4 is 20.3 Å². The monoisotopic (exact) mass is 396 g/mol. The molecule has 148 valence electrons. The van der Waals surface area contributed by atoms with E-state index < -0.39 is 0 Å². The lowest BCUT2D eigenvalue weighted by Gasteiger charge is -2.46. The normalized spacial score (nSPS) is 26.3. The molecule has 28 heavy (non-hydrogen) atoms. The first kappa shape index (κ1) is 19.2. The molecular formula is C23H30N3OS+. The molecule has 2 atom stereocenters. The second-order valence-electron chi connectivity index (χ2n) is 8.06. The second-order valence-corrected chi connectivity index (χ2v) is 8.47. The molecule has 4 nitrogen and oxygen atoms in total. The van der Waals surface area contributed by atoms with Gasteiger partial charge in [-0.05, 0) is 43.6 Å². The molecule has 2 bridgehead atoms. The summed E-state index contributed by atoms with van der Waals surface area (Å²) < 4.78 is 5.29. The van der Waals surface area contributed by atoms with Crippen molar-refractivity contribution in [2.24, 2.45) is 0 Å². The van der Waals surface area contributed by atoms with Crippen molar-refractivity contribution in [2.75, 3.05) is 12.4 Å². The summed E-state index contributed by atoms with van der Waals surface area (Å²) in [7, 11) is 1.68. The highest BCUT2D eigenvalue weighted by Gasteiger charge is 2.41. The quantitative estimate of drug-likeness (QED) is 0.679. The van der Waals surface area contributed by atoms with Crippen LogP contribution in [0, 0.1) is 0 Å². The highest BCUT2D eigenvalue weighted by Crippen LogP contribution is 2.23. The zero-order valence-corrected chi connectivity index (χ0v) is 17.3. The Balaban J connectivity index is 1.35. The molecule has 0 amide bonds. The lowest BCUT2D eigenvalue weighted by atomic mass is 9.81. The SMILES string of the molecule is COc1cccc(NC(=S)NC2C[C@H]3CCC[C@H](C2)[NH+]3Cc2ccccc2)c1. The minimum absolute atomic E-state index is 0.459. The molecule has 2 aliphatic rings. The average Bonchev–Trinajstić information content (AvgIpc) is 2.69. The van der Waals surface area contributed by atoms with Crippen LogP contribution in [0.2, 0.25) is 0 Å². The van der Waals surface area contributed by atoms with Gasteiger partial charge in [-0.25, -0.2) is 0 Å². The van der Waals surface area contributed by atoms with Gasteiger partial charge in [-0.3, -0.25) is 0 Å². The molecule has 2 saturated heterocycles. The third-order valence-electron chi connectivity index (χ3n) is 6.21. The molecule has 2 aromatic carbocycles. The van der Waals surface area contributed by atoms with Crippen molar-refractivity contribution in [1.29, 1.82) is 0 Å². The van der Waals surface area contributed by atoms with E-state index in [-0.39, 0.29) is 0 Å². The smallest absolute Gasteiger partial charge is 0.171 e. The zero-order chi connectivity index (χ0) is 19.3. The first-order valence-electron chi connectivity index (χ1n) is 10.3. The number of benzene rings is 2. The number of quaternary nitrogens is 1. The number of thiocarbonyl (C=S) groups is 1. The number of piperidine rings is 2. The Bertz CT molecular complexity index is 783. The van der Waals surface area contributed by atoms with Crippen LogP contribution in [-0.2, 0) is 6.54 Å². The second kappa shape index (κ2) is 8.93. The van der Waals surface area contributed by atoms with E-state index in [2.05, 4.69) is 41.0 Å². The van der Waals surface area contributed by atoms with Crippen LogP contribution in [0.3, 0.4) is 0 Å². The maximum Gasteiger partial charge on any atom is 0.171 e. The van der Waals surface area contributed by atoms with Gasteiger partial charge in [0.05, 0.1) is 19.2 Å². The van der Waals surface area contributed by atoms with Crippen molar-refractivity contribution in [2.45, 2.75) is 56.8 Å². The number of ether oxygens (including phenoxy) is 1. The maximum atomic E-state index is 5.59. The van der Waals surface area contributed by atoms with Crippen molar-refractivity contribution >= 4 is 23.0 Å². The minimum atomic E-state index is 0.459. The third-order valence-corrected chi connectivity index (χ3v) is 6.43. The predicted molar refractivity (Wildman–Crippen MR) is 118 cm³/mol. The van der Waals surface area contributed by atoms with E-state index in [0.29, 0.717) is 11.2 Å². The predicted octanol–water partition coefficient (Wildman–Crippen LogP) is 3.15. The molecule has 2 aromatic rings. The van der Waals surface area contributed by atoms with E-state index in [4.69, 9.17) is 17.0 Å². The fourth-order valence-corrected chi connectivity index (χ4v) is 5.21. The van der Waals surface area contributed by atoms with Crippen LogP contribution in [0.5, 0.6) is 5.75 Å². The number of rotatable bonds is 5. The van der Waals surface area contributed by atoms with Crippen LogP contribution in [0.1, 0.15) is 37.7 Å². The molecule has 0 unspecified atom stereocenters. The van der Waals surface area contributed by atoms with Crippen LogP contribution in [0.4, 0.5) is 5.69 Å². The summed E-state index contributed by atoms with van der Waals surface area (Å²) in [6.45, 7) is 1.15. The summed E-state index contributed by atoms with van der Waals surface area (Å²) in [6.07, 6.45) is 6.41. The largest absolute Gasteiger partial charge is 0.497 e. The van der Waals surface area contributed by atoms with E-state index in [0.717, 1.165) is 30.1 Å². The molecule has 0 aromatic heterocycles. The van der Waals surface area contributed by atoms with Crippen LogP contribution in [0.15, 0.2) is 54.6 Å². The van der Waals surface area contributed by atoms with E-state index >= 15 is 0 Å². The molecule has 2 heterocycles. The number of nitrogens with one attached hydrogen (secondary N) is 3. The van der Waals surface area contributed by atoms with Gasteiger partial charge in [0.15, 0.2) is 5.11 Å². The lowest BCUT2D eigenvalue weighted by molar-refractivity contribution is -0.973. The maximum absolute atomic E-state index is 5.59. The van der Waals surface area contributed by atoms with E-state index in [1.165, 1.54) is 37.7 Å². The Kier molecular flexibility index (Phi) is 6.13. The van der Waals surface area contributed by atoms with E-state index in [1.54, 1.807) is 12.0 Å². The van der Waals surface area contributed by atoms with Gasteiger partial charge in [0, 0.05) is 36.2 Å². The Morgan fingerprint density at radius 3 is 2.54 bits per heavy atom. The van der Waals surface area contributed by atoms with Gasteiger partial charge < -0.3 is 20.3 Å². The Labute approximate surface area is 173 Å². The Hall–Kier alpha value is -2.11. The Morgan fingerprint density at radius 2 is 1.82 bits per heavy atom. The van der Waals surface area contributed by atoms with Crippen LogP contribution in [0.25, 0.3) is 0 Å². The number of hydrogen-bond acceptors (Lipinski definition) is 2. The average molecular weight is 397 g/mol. The minimum Gasteiger partial charge on any atom is -0.497 e. The van der Waals surface area contributed by atoms with Gasteiger partial charge in [-0.1, -0.05) is 36.4 Å². The summed E-state index contributed by atoms with van der Waals surface area (Å²) in [6, 6.07) is 20.7. The fraction of sp³-hybridized carbons (Fsp3) is 0.435. The standard InChI is InChI=1S/C23H29N3OS/c1-27-22-12-5-9-18(15-22)24-23(28)25-19-13-20-10-6-11-21(14-19)26(20)16-17-7-3-2-4-8-17/h2-5,7-9,12,15,19-21H,6,10-11,13-14,16H2,1H3,(H2,24,25,28)/p+1/t20-,21-/m1/s1. The van der Waals surface area contributed by atoms with Gasteiger partial charge >= 0.3 is 0 Å². The summed E-state index contributed by atoms with van der Waals surface area (Å²) >= 11 is 5.59. The van der Waals surface area contributed by atoms with Gasteiger partial charge in [-0.2, -0.15) is 0 Å². The topological polar surface area (TPSA) is 37.7 Å². The molecule has 0 radical (unpaired) electrons. The molecule has 4 rings (SSSR count). The number of anilines is 1. The first-order chi connectivity index (χ1) is 13.7. The summed E-state index contributed by atoms with van der Waals surface area (Å²) in [4.78, 5) is 1.78. The summed E-state index contributed by atoms with van der Waals surface area (Å²) in [5.41, 5.74) is 2.42. The van der Waals surface area contributed by atoms with Crippen molar-refractivity contribution in [3.8, 4) is 5.75 Å². The molecule has 0 spiro atoms. The molecule has 0 aliphatic carbocycles. The zero-order valence-electron chi connectivity index (χ0n) is 16.5. The lowest BCUT2D eigenvalue weighted by Crippen LogP contribution is -3.20. The van der Waals surface area contributed by atoms with Crippen molar-refractivity contribution in [1.82, 2.24) is 5.32 Å². The molecule has 5 heteroatoms. The van der Waals surface area contributed by atoms with Crippen molar-refractivity contribution < 1.29 is 9.64 Å². The van der Waals surface area contributed by atoms with Crippen LogP contribution in [-0.4, -0.2) is 30.3 Å². The molecular weight excluding hydrogens is 366 g/mol. The van der Waals surface area contributed by atoms with E-state index in [9.17, 15) is 0 Å². The molecule has 2 aliphatic heterocycles. The molecule has 0 saturated carbocycles. The highest BCUT2D eigenvalue weighted by atomic mass is 32.1. The third kappa shape index (κ3) is 4.65. The summed E-state index contributed by atoms with van der Waals surface area (Å²) in [5.74, 6) is 0.833. The Morgan fingerprint density at radius 1 is 1.07 bits per heavy atom. The molecule has 2 fully saturated rings. The van der Waals surface area contributed by atoms with E-state index in [1.807, 2.05) is 24.3 Å². The van der Waals surface area contributed by atoms with Crippen LogP contribution >= 0.6 is 12.2 Å². The van der Waals surface area contributed by atoms with Gasteiger partial charge in [0.1, 0.15) is 12.3 Å². The first-order valence-corrected chi connectivity index (χ1v) is 10.7. The van der Waals surface area contributed by atoms with Crippen molar-refractivity contribution in [3.05, 3.63) is 60.2 Å².